The van der Waals surface area contributed by atoms with Crippen LogP contribution in [0.25, 0.3) is 0 Å². The van der Waals surface area contributed by atoms with Crippen LogP contribution in [0.1, 0.15) is 25.8 Å². The average molecular weight is 333 g/mol. The van der Waals surface area contributed by atoms with E-state index >= 15 is 0 Å². The van der Waals surface area contributed by atoms with E-state index < -0.39 is 10.0 Å². The van der Waals surface area contributed by atoms with Gasteiger partial charge >= 0.3 is 0 Å². The number of halogens is 1. The maximum Gasteiger partial charge on any atom is 0.244 e. The summed E-state index contributed by atoms with van der Waals surface area (Å²) in [5.41, 5.74) is 6.34. The predicted octanol–water partition coefficient (Wildman–Crippen LogP) is 1.99. The van der Waals surface area contributed by atoms with Crippen LogP contribution >= 0.6 is 11.6 Å². The van der Waals surface area contributed by atoms with E-state index in [4.69, 9.17) is 22.1 Å². The SMILES string of the molecule is CCC1COC(C)CN1S(=O)(=O)c1cc(CN)ccc1Cl. The summed E-state index contributed by atoms with van der Waals surface area (Å²) in [4.78, 5) is 0.125. The van der Waals surface area contributed by atoms with Crippen molar-refractivity contribution in [3.05, 3.63) is 28.8 Å². The summed E-state index contributed by atoms with van der Waals surface area (Å²) >= 11 is 6.11. The standard InChI is InChI=1S/C14H21ClN2O3S/c1-3-12-9-20-10(2)8-17(12)21(18,19)14-6-11(7-16)4-5-13(14)15/h4-6,10,12H,3,7-9,16H2,1-2H3. The summed E-state index contributed by atoms with van der Waals surface area (Å²) < 4.78 is 32.9. The molecule has 1 heterocycles. The molecule has 1 aromatic rings. The van der Waals surface area contributed by atoms with Crippen LogP contribution in [0.2, 0.25) is 5.02 Å². The second-order valence-electron chi connectivity index (χ2n) is 5.25. The first-order chi connectivity index (χ1) is 9.90. The molecule has 118 valence electrons. The van der Waals surface area contributed by atoms with Crippen molar-refractivity contribution in [2.75, 3.05) is 13.2 Å². The fourth-order valence-electron chi connectivity index (χ4n) is 2.43. The molecule has 2 rings (SSSR count). The normalized spacial score (nSPS) is 24.2. The Balaban J connectivity index is 2.44. The summed E-state index contributed by atoms with van der Waals surface area (Å²) in [6.45, 7) is 4.84. The smallest absolute Gasteiger partial charge is 0.244 e. The molecular formula is C14H21ClN2O3S. The number of hydrogen-bond acceptors (Lipinski definition) is 4. The number of nitrogens with zero attached hydrogens (tertiary/aromatic N) is 1. The molecular weight excluding hydrogens is 312 g/mol. The summed E-state index contributed by atoms with van der Waals surface area (Å²) in [6.07, 6.45) is 0.569. The Morgan fingerprint density at radius 3 is 2.81 bits per heavy atom. The van der Waals surface area contributed by atoms with Crippen LogP contribution < -0.4 is 5.73 Å². The van der Waals surface area contributed by atoms with Gasteiger partial charge in [0.15, 0.2) is 0 Å². The molecule has 1 aromatic carbocycles. The van der Waals surface area contributed by atoms with Gasteiger partial charge in [0.1, 0.15) is 4.90 Å². The highest BCUT2D eigenvalue weighted by Gasteiger charge is 2.36. The number of morpholine rings is 1. The fourth-order valence-corrected chi connectivity index (χ4v) is 4.71. The van der Waals surface area contributed by atoms with Gasteiger partial charge in [-0.25, -0.2) is 8.42 Å². The molecule has 2 unspecified atom stereocenters. The molecule has 1 saturated heterocycles. The highest BCUT2D eigenvalue weighted by Crippen LogP contribution is 2.29. The van der Waals surface area contributed by atoms with Crippen LogP contribution in [0.5, 0.6) is 0 Å². The van der Waals surface area contributed by atoms with Crippen LogP contribution in [-0.4, -0.2) is 38.0 Å². The lowest BCUT2D eigenvalue weighted by atomic mass is 10.2. The van der Waals surface area contributed by atoms with Gasteiger partial charge in [-0.2, -0.15) is 4.31 Å². The molecule has 0 saturated carbocycles. The van der Waals surface area contributed by atoms with Gasteiger partial charge in [-0.05, 0) is 31.0 Å². The molecule has 21 heavy (non-hydrogen) atoms. The molecule has 0 radical (unpaired) electrons. The van der Waals surface area contributed by atoms with E-state index in [1.165, 1.54) is 4.31 Å². The molecule has 0 bridgehead atoms. The molecule has 0 aliphatic carbocycles. The molecule has 0 aromatic heterocycles. The maximum absolute atomic E-state index is 12.9. The van der Waals surface area contributed by atoms with Crippen LogP contribution in [0.15, 0.2) is 23.1 Å². The quantitative estimate of drug-likeness (QED) is 0.915. The molecule has 7 heteroatoms. The van der Waals surface area contributed by atoms with Crippen LogP contribution in [0.3, 0.4) is 0 Å². The summed E-state index contributed by atoms with van der Waals surface area (Å²) in [7, 11) is -3.65. The van der Waals surface area contributed by atoms with E-state index in [0.717, 1.165) is 5.56 Å². The summed E-state index contributed by atoms with van der Waals surface area (Å²) in [6, 6.07) is 4.72. The van der Waals surface area contributed by atoms with E-state index in [0.29, 0.717) is 19.6 Å². The lowest BCUT2D eigenvalue weighted by Crippen LogP contribution is -2.51. The van der Waals surface area contributed by atoms with E-state index in [9.17, 15) is 8.42 Å². The molecule has 0 amide bonds. The van der Waals surface area contributed by atoms with Crippen LogP contribution in [-0.2, 0) is 21.3 Å². The first-order valence-electron chi connectivity index (χ1n) is 7.02. The molecule has 1 aliphatic rings. The van der Waals surface area contributed by atoms with Crippen LogP contribution in [0, 0.1) is 0 Å². The van der Waals surface area contributed by atoms with Gasteiger partial charge in [0.05, 0.1) is 17.7 Å². The minimum Gasteiger partial charge on any atom is -0.375 e. The second-order valence-corrected chi connectivity index (χ2v) is 7.52. The molecule has 2 N–H and O–H groups in total. The van der Waals surface area contributed by atoms with Crippen molar-refractivity contribution >= 4 is 21.6 Å². The Morgan fingerprint density at radius 1 is 1.48 bits per heavy atom. The molecule has 1 aliphatic heterocycles. The molecule has 2 atom stereocenters. The monoisotopic (exact) mass is 332 g/mol. The van der Waals surface area contributed by atoms with Gasteiger partial charge in [0.2, 0.25) is 10.0 Å². The van der Waals surface area contributed by atoms with E-state index in [-0.39, 0.29) is 28.6 Å². The van der Waals surface area contributed by atoms with Gasteiger partial charge < -0.3 is 10.5 Å². The van der Waals surface area contributed by atoms with E-state index in [1.54, 1.807) is 18.2 Å². The fraction of sp³-hybridized carbons (Fsp3) is 0.571. The number of benzene rings is 1. The topological polar surface area (TPSA) is 72.6 Å². The number of nitrogens with two attached hydrogens (primary N) is 1. The van der Waals surface area contributed by atoms with Crippen molar-refractivity contribution in [3.8, 4) is 0 Å². The van der Waals surface area contributed by atoms with Gasteiger partial charge in [-0.15, -0.1) is 0 Å². The lowest BCUT2D eigenvalue weighted by Gasteiger charge is -2.37. The first kappa shape index (κ1) is 16.7. The van der Waals surface area contributed by atoms with Gasteiger partial charge in [0, 0.05) is 19.1 Å². The first-order valence-corrected chi connectivity index (χ1v) is 8.83. The zero-order valence-corrected chi connectivity index (χ0v) is 13.8. The van der Waals surface area contributed by atoms with Gasteiger partial charge in [0.25, 0.3) is 0 Å². The lowest BCUT2D eigenvalue weighted by molar-refractivity contribution is -0.0230. The third kappa shape index (κ3) is 3.40. The summed E-state index contributed by atoms with van der Waals surface area (Å²) in [5.74, 6) is 0. The van der Waals surface area contributed by atoms with Gasteiger partial charge in [-0.1, -0.05) is 24.6 Å². The van der Waals surface area contributed by atoms with Crippen LogP contribution in [0.4, 0.5) is 0 Å². The number of rotatable bonds is 4. The van der Waals surface area contributed by atoms with Crippen molar-refractivity contribution in [1.29, 1.82) is 0 Å². The Hall–Kier alpha value is -0.660. The Morgan fingerprint density at radius 2 is 2.19 bits per heavy atom. The number of hydrogen-bond donors (Lipinski definition) is 1. The second kappa shape index (κ2) is 6.62. The highest BCUT2D eigenvalue weighted by molar-refractivity contribution is 7.89. The maximum atomic E-state index is 12.9. The molecule has 0 spiro atoms. The summed E-state index contributed by atoms with van der Waals surface area (Å²) in [5, 5.41) is 0.223. The average Bonchev–Trinajstić information content (AvgIpc) is 2.47. The van der Waals surface area contributed by atoms with Gasteiger partial charge in [-0.3, -0.25) is 0 Å². The number of ether oxygens (including phenoxy) is 1. The predicted molar refractivity (Wildman–Crippen MR) is 82.7 cm³/mol. The van der Waals surface area contributed by atoms with Crippen molar-refractivity contribution in [1.82, 2.24) is 4.31 Å². The highest BCUT2D eigenvalue weighted by atomic mass is 35.5. The minimum absolute atomic E-state index is 0.125. The van der Waals surface area contributed by atoms with Crippen molar-refractivity contribution in [2.24, 2.45) is 5.73 Å². The Labute approximate surface area is 131 Å². The molecule has 1 fully saturated rings. The molecule has 5 nitrogen and oxygen atoms in total. The zero-order chi connectivity index (χ0) is 15.6. The number of sulfonamides is 1. The van der Waals surface area contributed by atoms with E-state index in [2.05, 4.69) is 0 Å². The Kier molecular flexibility index (Phi) is 5.27. The van der Waals surface area contributed by atoms with Crippen molar-refractivity contribution < 1.29 is 13.2 Å². The third-order valence-corrected chi connectivity index (χ3v) is 6.11. The van der Waals surface area contributed by atoms with Crippen molar-refractivity contribution in [2.45, 2.75) is 43.9 Å². The zero-order valence-electron chi connectivity index (χ0n) is 12.3. The van der Waals surface area contributed by atoms with E-state index in [1.807, 2.05) is 13.8 Å². The third-order valence-electron chi connectivity index (χ3n) is 3.71. The largest absolute Gasteiger partial charge is 0.375 e. The minimum atomic E-state index is -3.65. The van der Waals surface area contributed by atoms with Crippen molar-refractivity contribution in [3.63, 3.8) is 0 Å². The Bertz CT molecular complexity index is 606.